The average Bonchev–Trinajstić information content (AvgIpc) is 2.75. The van der Waals surface area contributed by atoms with Gasteiger partial charge < -0.3 is 0 Å². The molecule has 0 spiro atoms. The van der Waals surface area contributed by atoms with Crippen LogP contribution >= 0.6 is 38.9 Å². The second-order valence-corrected chi connectivity index (χ2v) is 5.43. The zero-order valence-corrected chi connectivity index (χ0v) is 12.1. The number of hydrogen-bond acceptors (Lipinski definition) is 3. The van der Waals surface area contributed by atoms with Crippen molar-refractivity contribution in [2.45, 2.75) is 5.88 Å². The average molecular weight is 350 g/mol. The smallest absolute Gasteiger partial charge is 0.257 e. The largest absolute Gasteiger partial charge is 0.298 e. The lowest BCUT2D eigenvalue weighted by atomic mass is 10.2. The van der Waals surface area contributed by atoms with Gasteiger partial charge in [-0.2, -0.15) is 0 Å². The normalized spacial score (nSPS) is 10.4. The van der Waals surface area contributed by atoms with E-state index >= 15 is 0 Å². The highest BCUT2D eigenvalue weighted by Gasteiger charge is 2.10. The molecule has 94 valence electrons. The number of rotatable bonds is 3. The minimum absolute atomic E-state index is 0.226. The molecule has 1 aromatic heterocycles. The second-order valence-electron chi connectivity index (χ2n) is 3.39. The Bertz CT molecular complexity index is 570. The lowest BCUT2D eigenvalue weighted by molar-refractivity contribution is 0.102. The summed E-state index contributed by atoms with van der Waals surface area (Å²) in [5, 5.41) is 4.78. The van der Waals surface area contributed by atoms with Gasteiger partial charge in [0.1, 0.15) is 5.82 Å². The molecule has 0 saturated heterocycles. The first-order valence-electron chi connectivity index (χ1n) is 4.86. The van der Waals surface area contributed by atoms with Gasteiger partial charge in [0.15, 0.2) is 5.13 Å². The first-order chi connectivity index (χ1) is 8.58. The third-order valence-electron chi connectivity index (χ3n) is 2.03. The minimum atomic E-state index is -0.477. The molecule has 0 aliphatic heterocycles. The van der Waals surface area contributed by atoms with E-state index in [1.165, 1.54) is 23.5 Å². The van der Waals surface area contributed by atoms with Crippen LogP contribution in [0.2, 0.25) is 0 Å². The molecule has 1 amide bonds. The number of anilines is 1. The fraction of sp³-hybridized carbons (Fsp3) is 0.0909. The maximum Gasteiger partial charge on any atom is 0.257 e. The monoisotopic (exact) mass is 348 g/mol. The van der Waals surface area contributed by atoms with Crippen molar-refractivity contribution in [2.24, 2.45) is 0 Å². The molecule has 18 heavy (non-hydrogen) atoms. The molecule has 0 fully saturated rings. The van der Waals surface area contributed by atoms with Gasteiger partial charge in [0, 0.05) is 15.4 Å². The molecular formula is C11H7BrClFN2OS. The van der Waals surface area contributed by atoms with Gasteiger partial charge in [0.05, 0.1) is 11.6 Å². The molecule has 2 aromatic rings. The van der Waals surface area contributed by atoms with E-state index in [0.717, 1.165) is 6.07 Å². The van der Waals surface area contributed by atoms with E-state index in [-0.39, 0.29) is 11.4 Å². The van der Waals surface area contributed by atoms with Gasteiger partial charge in [0.25, 0.3) is 5.91 Å². The Morgan fingerprint density at radius 2 is 2.28 bits per heavy atom. The molecule has 1 heterocycles. The molecule has 0 aliphatic carbocycles. The molecule has 7 heteroatoms. The lowest BCUT2D eigenvalue weighted by Gasteiger charge is -2.02. The molecule has 2 rings (SSSR count). The van der Waals surface area contributed by atoms with Crippen LogP contribution in [0, 0.1) is 5.82 Å². The van der Waals surface area contributed by atoms with E-state index < -0.39 is 11.7 Å². The molecule has 0 unspecified atom stereocenters. The summed E-state index contributed by atoms with van der Waals surface area (Å²) in [7, 11) is 0. The zero-order valence-electron chi connectivity index (χ0n) is 8.91. The molecule has 0 bridgehead atoms. The zero-order chi connectivity index (χ0) is 13.1. The number of carbonyl (C=O) groups is 1. The highest BCUT2D eigenvalue weighted by Crippen LogP contribution is 2.19. The molecule has 0 aliphatic rings. The summed E-state index contributed by atoms with van der Waals surface area (Å²) in [5.74, 6) is -0.599. The van der Waals surface area contributed by atoms with E-state index in [1.807, 2.05) is 0 Å². The Labute approximate surface area is 120 Å². The number of amides is 1. The van der Waals surface area contributed by atoms with Crippen molar-refractivity contribution < 1.29 is 9.18 Å². The van der Waals surface area contributed by atoms with Crippen molar-refractivity contribution >= 4 is 49.9 Å². The number of aromatic nitrogens is 1. The van der Waals surface area contributed by atoms with Gasteiger partial charge in [-0.1, -0.05) is 15.9 Å². The van der Waals surface area contributed by atoms with Crippen LogP contribution in [0.25, 0.3) is 0 Å². The third-order valence-corrected chi connectivity index (χ3v) is 3.57. The third kappa shape index (κ3) is 3.28. The summed E-state index contributed by atoms with van der Waals surface area (Å²) in [6.45, 7) is 0. The number of benzene rings is 1. The Morgan fingerprint density at radius 1 is 1.50 bits per heavy atom. The highest BCUT2D eigenvalue weighted by molar-refractivity contribution is 9.10. The summed E-state index contributed by atoms with van der Waals surface area (Å²) in [6.07, 6.45) is 0. The molecule has 3 nitrogen and oxygen atoms in total. The Morgan fingerprint density at radius 3 is 2.89 bits per heavy atom. The van der Waals surface area contributed by atoms with Gasteiger partial charge in [-0.3, -0.25) is 10.1 Å². The first-order valence-corrected chi connectivity index (χ1v) is 7.07. The van der Waals surface area contributed by atoms with Crippen molar-refractivity contribution in [2.75, 3.05) is 5.32 Å². The summed E-state index contributed by atoms with van der Waals surface area (Å²) in [6, 6.07) is 3.98. The number of alkyl halides is 1. The number of hydrogen-bond donors (Lipinski definition) is 1. The fourth-order valence-electron chi connectivity index (χ4n) is 1.28. The second kappa shape index (κ2) is 5.77. The predicted molar refractivity (Wildman–Crippen MR) is 73.7 cm³/mol. The van der Waals surface area contributed by atoms with Gasteiger partial charge in [-0.25, -0.2) is 9.37 Å². The van der Waals surface area contributed by atoms with Crippen LogP contribution in [0.15, 0.2) is 28.1 Å². The van der Waals surface area contributed by atoms with Crippen molar-refractivity contribution in [3.05, 3.63) is 45.1 Å². The van der Waals surface area contributed by atoms with Crippen molar-refractivity contribution in [3.63, 3.8) is 0 Å². The quantitative estimate of drug-likeness (QED) is 0.850. The van der Waals surface area contributed by atoms with Gasteiger partial charge in [-0.05, 0) is 18.2 Å². The molecule has 1 aromatic carbocycles. The Hall–Kier alpha value is -0.980. The van der Waals surface area contributed by atoms with Crippen LogP contribution in [0.4, 0.5) is 9.52 Å². The van der Waals surface area contributed by atoms with Crippen LogP contribution < -0.4 is 5.32 Å². The first kappa shape index (κ1) is 13.5. The Balaban J connectivity index is 2.16. The maximum atomic E-state index is 13.1. The fourth-order valence-corrected chi connectivity index (χ4v) is 2.68. The van der Waals surface area contributed by atoms with Crippen LogP contribution in [0.3, 0.4) is 0 Å². The van der Waals surface area contributed by atoms with E-state index in [0.29, 0.717) is 15.3 Å². The van der Waals surface area contributed by atoms with E-state index in [4.69, 9.17) is 11.6 Å². The van der Waals surface area contributed by atoms with E-state index in [1.54, 1.807) is 5.38 Å². The number of thiazole rings is 1. The van der Waals surface area contributed by atoms with Gasteiger partial charge in [-0.15, -0.1) is 22.9 Å². The molecule has 0 saturated carbocycles. The Kier molecular flexibility index (Phi) is 4.31. The van der Waals surface area contributed by atoms with Crippen LogP contribution in [-0.2, 0) is 5.88 Å². The molecular weight excluding hydrogens is 343 g/mol. The molecule has 1 N–H and O–H groups in total. The predicted octanol–water partition coefficient (Wildman–Crippen LogP) is 4.04. The SMILES string of the molecule is O=C(Nc1nc(CCl)cs1)c1cc(F)cc(Br)c1. The van der Waals surface area contributed by atoms with Crippen LogP contribution in [0.1, 0.15) is 16.1 Å². The van der Waals surface area contributed by atoms with Crippen LogP contribution in [0.5, 0.6) is 0 Å². The van der Waals surface area contributed by atoms with E-state index in [9.17, 15) is 9.18 Å². The number of halogens is 3. The summed E-state index contributed by atoms with van der Waals surface area (Å²) in [4.78, 5) is 15.9. The van der Waals surface area contributed by atoms with E-state index in [2.05, 4.69) is 26.2 Å². The number of nitrogens with one attached hydrogen (secondary N) is 1. The maximum absolute atomic E-state index is 13.1. The topological polar surface area (TPSA) is 42.0 Å². The lowest BCUT2D eigenvalue weighted by Crippen LogP contribution is -2.12. The summed E-state index contributed by atoms with van der Waals surface area (Å²) >= 11 is 10.0. The number of nitrogens with zero attached hydrogens (tertiary/aromatic N) is 1. The van der Waals surface area contributed by atoms with Crippen molar-refractivity contribution in [1.82, 2.24) is 4.98 Å². The minimum Gasteiger partial charge on any atom is -0.298 e. The molecule has 0 atom stereocenters. The summed E-state index contributed by atoms with van der Waals surface area (Å²) < 4.78 is 13.7. The standard InChI is InChI=1S/C11H7BrClFN2OS/c12-7-1-6(2-8(14)3-7)10(17)16-11-15-9(4-13)5-18-11/h1-3,5H,4H2,(H,15,16,17). The van der Waals surface area contributed by atoms with Gasteiger partial charge >= 0.3 is 0 Å². The van der Waals surface area contributed by atoms with Crippen LogP contribution in [-0.4, -0.2) is 10.9 Å². The summed E-state index contributed by atoms with van der Waals surface area (Å²) in [5.41, 5.74) is 0.918. The highest BCUT2D eigenvalue weighted by atomic mass is 79.9. The molecule has 0 radical (unpaired) electrons. The number of carbonyl (C=O) groups excluding carboxylic acids is 1. The van der Waals surface area contributed by atoms with Crippen molar-refractivity contribution in [3.8, 4) is 0 Å². The van der Waals surface area contributed by atoms with Gasteiger partial charge in [0.2, 0.25) is 0 Å². The van der Waals surface area contributed by atoms with Crippen molar-refractivity contribution in [1.29, 1.82) is 0 Å².